The first kappa shape index (κ1) is 11.7. The summed E-state index contributed by atoms with van der Waals surface area (Å²) in [5.41, 5.74) is 0. The van der Waals surface area contributed by atoms with E-state index >= 15 is 0 Å². The normalized spacial score (nSPS) is 17.5. The summed E-state index contributed by atoms with van der Waals surface area (Å²) >= 11 is 0. The molecule has 0 fully saturated rings. The number of alkyl halides is 3. The lowest BCUT2D eigenvalue weighted by Crippen LogP contribution is -2.41. The van der Waals surface area contributed by atoms with E-state index in [0.717, 1.165) is 6.42 Å². The summed E-state index contributed by atoms with van der Waals surface area (Å²) in [6.07, 6.45) is -6.03. The van der Waals surface area contributed by atoms with Crippen LogP contribution in [0.15, 0.2) is 0 Å². The van der Waals surface area contributed by atoms with Crippen LogP contribution in [-0.2, 0) is 0 Å². The van der Waals surface area contributed by atoms with Gasteiger partial charge in [-0.2, -0.15) is 13.2 Å². The van der Waals surface area contributed by atoms with Gasteiger partial charge in [0.05, 0.1) is 0 Å². The summed E-state index contributed by atoms with van der Waals surface area (Å²) < 4.78 is 35.1. The third kappa shape index (κ3) is 4.56. The van der Waals surface area contributed by atoms with E-state index < -0.39 is 18.8 Å². The average Bonchev–Trinajstić information content (AvgIpc) is 1.97. The van der Waals surface area contributed by atoms with Crippen LogP contribution in [0.3, 0.4) is 0 Å². The van der Waals surface area contributed by atoms with E-state index in [9.17, 15) is 13.2 Å². The van der Waals surface area contributed by atoms with Gasteiger partial charge in [0.1, 0.15) is 0 Å². The van der Waals surface area contributed by atoms with Gasteiger partial charge in [0.25, 0.3) is 0 Å². The number of aliphatic hydroxyl groups is 1. The van der Waals surface area contributed by atoms with Crippen LogP contribution >= 0.6 is 0 Å². The van der Waals surface area contributed by atoms with Crippen LogP contribution in [0.25, 0.3) is 0 Å². The summed E-state index contributed by atoms with van der Waals surface area (Å²) in [6.45, 7) is 3.19. The lowest BCUT2D eigenvalue weighted by molar-refractivity contribution is -0.202. The molecule has 12 heavy (non-hydrogen) atoms. The molecule has 0 saturated heterocycles. The molecule has 0 aromatic heterocycles. The zero-order valence-electron chi connectivity index (χ0n) is 7.15. The van der Waals surface area contributed by atoms with Gasteiger partial charge in [-0.3, -0.25) is 0 Å². The minimum Gasteiger partial charge on any atom is -0.382 e. The SMILES string of the molecule is CC[C@H](C)NC[C@H](O)C(F)(F)F. The molecule has 2 atom stereocenters. The standard InChI is InChI=1S/C7H14F3NO/c1-3-5(2)11-4-6(12)7(8,9)10/h5-6,11-12H,3-4H2,1-2H3/t5-,6-/m0/s1. The highest BCUT2D eigenvalue weighted by Crippen LogP contribution is 2.19. The Labute approximate surface area is 69.8 Å². The maximum absolute atomic E-state index is 11.7. The average molecular weight is 185 g/mol. The van der Waals surface area contributed by atoms with Gasteiger partial charge in [0.2, 0.25) is 0 Å². The smallest absolute Gasteiger partial charge is 0.382 e. The van der Waals surface area contributed by atoms with E-state index in [-0.39, 0.29) is 6.04 Å². The molecule has 0 unspecified atom stereocenters. The van der Waals surface area contributed by atoms with E-state index in [1.807, 2.05) is 6.92 Å². The topological polar surface area (TPSA) is 32.3 Å². The van der Waals surface area contributed by atoms with Gasteiger partial charge < -0.3 is 10.4 Å². The molecule has 0 spiro atoms. The summed E-state index contributed by atoms with van der Waals surface area (Å²) in [5.74, 6) is 0. The Balaban J connectivity index is 3.64. The van der Waals surface area contributed by atoms with Crippen molar-refractivity contribution in [2.75, 3.05) is 6.54 Å². The summed E-state index contributed by atoms with van der Waals surface area (Å²) in [6, 6.07) is 0.00185. The van der Waals surface area contributed by atoms with E-state index in [1.165, 1.54) is 0 Å². The summed E-state index contributed by atoms with van der Waals surface area (Å²) in [5, 5.41) is 11.1. The Hall–Kier alpha value is -0.290. The third-order valence-electron chi connectivity index (χ3n) is 1.65. The molecule has 0 saturated carbocycles. The van der Waals surface area contributed by atoms with Gasteiger partial charge in [0, 0.05) is 12.6 Å². The van der Waals surface area contributed by atoms with Gasteiger partial charge in [-0.15, -0.1) is 0 Å². The highest BCUT2D eigenvalue weighted by atomic mass is 19.4. The predicted octanol–water partition coefficient (Wildman–Crippen LogP) is 1.30. The molecular formula is C7H14F3NO. The fourth-order valence-electron chi connectivity index (χ4n) is 0.573. The number of hydrogen-bond acceptors (Lipinski definition) is 2. The van der Waals surface area contributed by atoms with Gasteiger partial charge in [0.15, 0.2) is 6.10 Å². The molecule has 0 bridgehead atoms. The molecule has 2 N–H and O–H groups in total. The Bertz CT molecular complexity index is 126. The fourth-order valence-corrected chi connectivity index (χ4v) is 0.573. The van der Waals surface area contributed by atoms with Gasteiger partial charge in [-0.1, -0.05) is 6.92 Å². The molecule has 0 aliphatic heterocycles. The lowest BCUT2D eigenvalue weighted by atomic mass is 10.2. The number of aliphatic hydroxyl groups excluding tert-OH is 1. The molecule has 0 aromatic rings. The van der Waals surface area contributed by atoms with Crippen LogP contribution in [0.1, 0.15) is 20.3 Å². The molecule has 74 valence electrons. The Morgan fingerprint density at radius 1 is 1.42 bits per heavy atom. The lowest BCUT2D eigenvalue weighted by Gasteiger charge is -2.17. The van der Waals surface area contributed by atoms with Crippen molar-refractivity contribution in [2.45, 2.75) is 38.6 Å². The van der Waals surface area contributed by atoms with Crippen molar-refractivity contribution in [2.24, 2.45) is 0 Å². The maximum Gasteiger partial charge on any atom is 0.415 e. The fraction of sp³-hybridized carbons (Fsp3) is 1.00. The molecule has 0 amide bonds. The highest BCUT2D eigenvalue weighted by molar-refractivity contribution is 4.70. The van der Waals surface area contributed by atoms with Gasteiger partial charge in [-0.05, 0) is 13.3 Å². The van der Waals surface area contributed by atoms with E-state index in [0.29, 0.717) is 0 Å². The number of halogens is 3. The first-order valence-corrected chi connectivity index (χ1v) is 3.86. The molecular weight excluding hydrogens is 171 g/mol. The quantitative estimate of drug-likeness (QED) is 0.691. The molecule has 5 heteroatoms. The molecule has 0 heterocycles. The van der Waals surface area contributed by atoms with E-state index in [2.05, 4.69) is 5.32 Å². The Morgan fingerprint density at radius 2 is 1.92 bits per heavy atom. The van der Waals surface area contributed by atoms with Crippen molar-refractivity contribution in [3.8, 4) is 0 Å². The second kappa shape index (κ2) is 4.67. The van der Waals surface area contributed by atoms with Crippen LogP contribution in [0.2, 0.25) is 0 Å². The molecule has 0 aromatic carbocycles. The van der Waals surface area contributed by atoms with E-state index in [1.54, 1.807) is 6.92 Å². The minimum absolute atomic E-state index is 0.00185. The maximum atomic E-state index is 11.7. The second-order valence-electron chi connectivity index (χ2n) is 2.77. The molecule has 0 aliphatic carbocycles. The van der Waals surface area contributed by atoms with Gasteiger partial charge >= 0.3 is 6.18 Å². The summed E-state index contributed by atoms with van der Waals surface area (Å²) in [7, 11) is 0. The number of rotatable bonds is 4. The van der Waals surface area contributed by atoms with Crippen LogP contribution in [-0.4, -0.2) is 30.0 Å². The van der Waals surface area contributed by atoms with Gasteiger partial charge in [-0.25, -0.2) is 0 Å². The van der Waals surface area contributed by atoms with Crippen molar-refractivity contribution in [3.05, 3.63) is 0 Å². The number of nitrogens with one attached hydrogen (secondary N) is 1. The molecule has 0 aliphatic rings. The van der Waals surface area contributed by atoms with Crippen molar-refractivity contribution >= 4 is 0 Å². The van der Waals surface area contributed by atoms with Crippen molar-refractivity contribution in [1.29, 1.82) is 0 Å². The summed E-state index contributed by atoms with van der Waals surface area (Å²) in [4.78, 5) is 0. The molecule has 0 radical (unpaired) electrons. The zero-order valence-corrected chi connectivity index (χ0v) is 7.15. The van der Waals surface area contributed by atoms with Crippen LogP contribution < -0.4 is 5.32 Å². The molecule has 2 nitrogen and oxygen atoms in total. The molecule has 0 rings (SSSR count). The predicted molar refractivity (Wildman–Crippen MR) is 39.8 cm³/mol. The van der Waals surface area contributed by atoms with Crippen molar-refractivity contribution < 1.29 is 18.3 Å². The van der Waals surface area contributed by atoms with Crippen LogP contribution in [0.4, 0.5) is 13.2 Å². The Kier molecular flexibility index (Phi) is 4.55. The van der Waals surface area contributed by atoms with Crippen LogP contribution in [0, 0.1) is 0 Å². The Morgan fingerprint density at radius 3 is 2.25 bits per heavy atom. The third-order valence-corrected chi connectivity index (χ3v) is 1.65. The largest absolute Gasteiger partial charge is 0.415 e. The highest BCUT2D eigenvalue weighted by Gasteiger charge is 2.37. The minimum atomic E-state index is -4.51. The zero-order chi connectivity index (χ0) is 9.78. The number of hydrogen-bond donors (Lipinski definition) is 2. The first-order valence-electron chi connectivity index (χ1n) is 3.86. The van der Waals surface area contributed by atoms with E-state index in [4.69, 9.17) is 5.11 Å². The van der Waals surface area contributed by atoms with Crippen LogP contribution in [0.5, 0.6) is 0 Å². The van der Waals surface area contributed by atoms with Crippen molar-refractivity contribution in [1.82, 2.24) is 5.32 Å². The monoisotopic (exact) mass is 185 g/mol. The second-order valence-corrected chi connectivity index (χ2v) is 2.77. The first-order chi connectivity index (χ1) is 5.38. The van der Waals surface area contributed by atoms with Crippen molar-refractivity contribution in [3.63, 3.8) is 0 Å².